The van der Waals surface area contributed by atoms with Crippen LogP contribution in [0.25, 0.3) is 0 Å². The highest BCUT2D eigenvalue weighted by atomic mass is 15.1. The van der Waals surface area contributed by atoms with Gasteiger partial charge in [-0.3, -0.25) is 0 Å². The van der Waals surface area contributed by atoms with Gasteiger partial charge in [-0.15, -0.1) is 0 Å². The van der Waals surface area contributed by atoms with E-state index in [4.69, 9.17) is 10.2 Å². The molecule has 0 aromatic heterocycles. The fraction of sp³-hybridized carbons (Fsp3) is 0.800. The number of azo groups is 1. The molecule has 0 aliphatic carbocycles. The summed E-state index contributed by atoms with van der Waals surface area (Å²) in [6.07, 6.45) is 18.6. The van der Waals surface area contributed by atoms with Crippen molar-refractivity contribution in [2.75, 3.05) is 0 Å². The lowest BCUT2D eigenvalue weighted by molar-refractivity contribution is 0.371. The molecule has 0 N–H and O–H groups in total. The van der Waals surface area contributed by atoms with E-state index in [1.54, 1.807) is 0 Å². The Morgan fingerprint density at radius 2 is 1.18 bits per heavy atom. The van der Waals surface area contributed by atoms with Crippen LogP contribution in [-0.4, -0.2) is 12.1 Å². The lowest BCUT2D eigenvalue weighted by Gasteiger charge is -2.21. The zero-order chi connectivity index (χ0) is 16.2. The van der Waals surface area contributed by atoms with Gasteiger partial charge in [-0.25, -0.2) is 0 Å². The normalized spacial score (nSPS) is 29.1. The maximum Gasteiger partial charge on any atom is 0.0768 e. The van der Waals surface area contributed by atoms with E-state index in [9.17, 15) is 0 Å². The molecule has 1 rings (SSSR count). The standard InChI is InChI=1S/C20H36N2/c1-5-13-17(3)19-15-11-9-7-8-10-12-16-20(22-21-19)18(4)14-6-2/h9-12,17-20H,5-8,13-16H2,1-4H3/b11-9-,12-10-,22-21?. The van der Waals surface area contributed by atoms with Crippen molar-refractivity contribution in [2.45, 2.75) is 91.1 Å². The molecule has 0 saturated heterocycles. The van der Waals surface area contributed by atoms with E-state index in [-0.39, 0.29) is 0 Å². The van der Waals surface area contributed by atoms with Gasteiger partial charge in [0.1, 0.15) is 0 Å². The molecule has 1 heterocycles. The molecule has 0 spiro atoms. The Bertz CT molecular complexity index is 323. The summed E-state index contributed by atoms with van der Waals surface area (Å²) in [6.45, 7) is 9.18. The Labute approximate surface area is 138 Å². The van der Waals surface area contributed by atoms with Gasteiger partial charge in [0.2, 0.25) is 0 Å². The smallest absolute Gasteiger partial charge is 0.0768 e. The third kappa shape index (κ3) is 7.38. The lowest BCUT2D eigenvalue weighted by atomic mass is 9.93. The largest absolute Gasteiger partial charge is 0.190 e. The van der Waals surface area contributed by atoms with E-state index >= 15 is 0 Å². The van der Waals surface area contributed by atoms with Crippen molar-refractivity contribution >= 4 is 0 Å². The fourth-order valence-corrected chi connectivity index (χ4v) is 3.15. The lowest BCUT2D eigenvalue weighted by Crippen LogP contribution is -2.18. The van der Waals surface area contributed by atoms with Gasteiger partial charge in [0, 0.05) is 0 Å². The summed E-state index contributed by atoms with van der Waals surface area (Å²) in [7, 11) is 0. The van der Waals surface area contributed by atoms with Crippen molar-refractivity contribution < 1.29 is 0 Å². The van der Waals surface area contributed by atoms with Crippen LogP contribution in [0, 0.1) is 11.8 Å². The van der Waals surface area contributed by atoms with Gasteiger partial charge >= 0.3 is 0 Å². The maximum atomic E-state index is 4.80. The Balaban J connectivity index is 2.83. The summed E-state index contributed by atoms with van der Waals surface area (Å²) >= 11 is 0. The third-order valence-electron chi connectivity index (χ3n) is 4.75. The van der Waals surface area contributed by atoms with E-state index in [1.165, 1.54) is 25.7 Å². The van der Waals surface area contributed by atoms with Gasteiger partial charge in [0.05, 0.1) is 12.1 Å². The Morgan fingerprint density at radius 3 is 1.55 bits per heavy atom. The molecule has 2 heteroatoms. The van der Waals surface area contributed by atoms with E-state index < -0.39 is 0 Å². The van der Waals surface area contributed by atoms with Gasteiger partial charge in [0.25, 0.3) is 0 Å². The van der Waals surface area contributed by atoms with Crippen LogP contribution in [-0.2, 0) is 0 Å². The summed E-state index contributed by atoms with van der Waals surface area (Å²) in [5.74, 6) is 1.25. The van der Waals surface area contributed by atoms with Crippen LogP contribution >= 0.6 is 0 Å². The number of rotatable bonds is 6. The summed E-state index contributed by atoms with van der Waals surface area (Å²) < 4.78 is 0. The predicted molar refractivity (Wildman–Crippen MR) is 97.3 cm³/mol. The van der Waals surface area contributed by atoms with Crippen molar-refractivity contribution in [3.63, 3.8) is 0 Å². The molecule has 0 aromatic rings. The van der Waals surface area contributed by atoms with E-state index in [0.29, 0.717) is 23.9 Å². The highest BCUT2D eigenvalue weighted by Crippen LogP contribution is 2.23. The maximum absolute atomic E-state index is 4.80. The average Bonchev–Trinajstić information content (AvgIpc) is 2.48. The first-order valence-corrected chi connectivity index (χ1v) is 9.38. The Morgan fingerprint density at radius 1 is 0.773 bits per heavy atom. The highest BCUT2D eigenvalue weighted by Gasteiger charge is 2.18. The summed E-state index contributed by atoms with van der Waals surface area (Å²) in [4.78, 5) is 0. The molecule has 0 saturated carbocycles. The van der Waals surface area contributed by atoms with Crippen LogP contribution in [0.5, 0.6) is 0 Å². The van der Waals surface area contributed by atoms with Crippen LogP contribution in [0.3, 0.4) is 0 Å². The van der Waals surface area contributed by atoms with Crippen molar-refractivity contribution in [2.24, 2.45) is 22.1 Å². The quantitative estimate of drug-likeness (QED) is 0.486. The SMILES string of the molecule is CCCC(C)C1C/C=C\CC/C=C\CC(C(C)CCC)N=N1. The van der Waals surface area contributed by atoms with Crippen LogP contribution in [0.1, 0.15) is 79.1 Å². The van der Waals surface area contributed by atoms with Crippen molar-refractivity contribution in [3.8, 4) is 0 Å². The average molecular weight is 305 g/mol. The first kappa shape index (κ1) is 19.1. The second-order valence-electron chi connectivity index (χ2n) is 6.89. The van der Waals surface area contributed by atoms with Crippen LogP contribution in [0.2, 0.25) is 0 Å². The minimum atomic E-state index is 0.357. The summed E-state index contributed by atoms with van der Waals surface area (Å²) in [6, 6.07) is 0.715. The summed E-state index contributed by atoms with van der Waals surface area (Å²) in [5, 5.41) is 9.60. The number of nitrogens with zero attached hydrogens (tertiary/aromatic N) is 2. The predicted octanol–water partition coefficient (Wildman–Crippen LogP) is 6.73. The number of hydrogen-bond acceptors (Lipinski definition) is 2. The second-order valence-corrected chi connectivity index (χ2v) is 6.89. The molecule has 2 nitrogen and oxygen atoms in total. The molecule has 1 aliphatic rings. The first-order chi connectivity index (χ1) is 10.7. The van der Waals surface area contributed by atoms with Crippen LogP contribution < -0.4 is 0 Å². The molecule has 0 radical (unpaired) electrons. The molecule has 0 amide bonds. The molecule has 1 aliphatic heterocycles. The monoisotopic (exact) mass is 304 g/mol. The molecular formula is C20H36N2. The van der Waals surface area contributed by atoms with Crippen molar-refractivity contribution in [1.29, 1.82) is 0 Å². The number of allylic oxidation sites excluding steroid dienone is 2. The first-order valence-electron chi connectivity index (χ1n) is 9.38. The molecule has 22 heavy (non-hydrogen) atoms. The van der Waals surface area contributed by atoms with Crippen molar-refractivity contribution in [3.05, 3.63) is 24.3 Å². The Hall–Kier alpha value is -0.920. The zero-order valence-electron chi connectivity index (χ0n) is 15.2. The molecule has 0 fully saturated rings. The van der Waals surface area contributed by atoms with E-state index in [2.05, 4.69) is 52.0 Å². The van der Waals surface area contributed by atoms with Crippen LogP contribution in [0.15, 0.2) is 34.5 Å². The minimum absolute atomic E-state index is 0.357. The van der Waals surface area contributed by atoms with Gasteiger partial charge in [-0.1, -0.05) is 64.8 Å². The topological polar surface area (TPSA) is 24.7 Å². The molecular weight excluding hydrogens is 268 g/mol. The highest BCUT2D eigenvalue weighted by molar-refractivity contribution is 4.94. The van der Waals surface area contributed by atoms with E-state index in [1.807, 2.05) is 0 Å². The van der Waals surface area contributed by atoms with Crippen LogP contribution in [0.4, 0.5) is 0 Å². The number of hydrogen-bond donors (Lipinski definition) is 0. The van der Waals surface area contributed by atoms with Crippen molar-refractivity contribution in [1.82, 2.24) is 0 Å². The molecule has 0 bridgehead atoms. The van der Waals surface area contributed by atoms with Gasteiger partial charge in [-0.2, -0.15) is 10.2 Å². The summed E-state index contributed by atoms with van der Waals surface area (Å²) in [5.41, 5.74) is 0. The molecule has 4 unspecified atom stereocenters. The molecule has 0 aromatic carbocycles. The third-order valence-corrected chi connectivity index (χ3v) is 4.75. The Kier molecular flexibility index (Phi) is 10.1. The second kappa shape index (κ2) is 11.6. The fourth-order valence-electron chi connectivity index (χ4n) is 3.15. The molecule has 4 atom stereocenters. The van der Waals surface area contributed by atoms with Gasteiger partial charge in [0.15, 0.2) is 0 Å². The molecule has 126 valence electrons. The van der Waals surface area contributed by atoms with E-state index in [0.717, 1.165) is 25.7 Å². The van der Waals surface area contributed by atoms with Gasteiger partial charge < -0.3 is 0 Å². The zero-order valence-corrected chi connectivity index (χ0v) is 15.2. The minimum Gasteiger partial charge on any atom is -0.190 e. The van der Waals surface area contributed by atoms with Gasteiger partial charge in [-0.05, 0) is 50.4 Å².